The van der Waals surface area contributed by atoms with Crippen LogP contribution in [0.25, 0.3) is 0 Å². The van der Waals surface area contributed by atoms with Crippen molar-refractivity contribution in [3.8, 4) is 11.5 Å². The lowest BCUT2D eigenvalue weighted by molar-refractivity contribution is 0.157. The second kappa shape index (κ2) is 5.33. The number of fused-ring (bicyclic) bond motifs is 1. The van der Waals surface area contributed by atoms with E-state index >= 15 is 0 Å². The van der Waals surface area contributed by atoms with E-state index in [1.54, 1.807) is 19.2 Å². The molecule has 110 valence electrons. The SMILES string of the molecule is COc1ccc2c(c1)[C@@H](N)CC(c1ccc(F)cc1F)O2. The third-order valence-corrected chi connectivity index (χ3v) is 3.66. The van der Waals surface area contributed by atoms with Crippen molar-refractivity contribution in [2.75, 3.05) is 7.11 Å². The van der Waals surface area contributed by atoms with Crippen LogP contribution >= 0.6 is 0 Å². The zero-order valence-electron chi connectivity index (χ0n) is 11.5. The van der Waals surface area contributed by atoms with E-state index in [1.165, 1.54) is 12.1 Å². The van der Waals surface area contributed by atoms with Crippen LogP contribution in [0.5, 0.6) is 11.5 Å². The zero-order valence-corrected chi connectivity index (χ0v) is 11.5. The molecule has 0 saturated carbocycles. The minimum atomic E-state index is -0.621. The quantitative estimate of drug-likeness (QED) is 0.921. The van der Waals surface area contributed by atoms with Gasteiger partial charge < -0.3 is 15.2 Å². The van der Waals surface area contributed by atoms with Crippen LogP contribution in [0.2, 0.25) is 0 Å². The molecule has 2 aromatic carbocycles. The fraction of sp³-hybridized carbons (Fsp3) is 0.250. The van der Waals surface area contributed by atoms with Crippen molar-refractivity contribution in [3.05, 3.63) is 59.2 Å². The molecule has 0 amide bonds. The summed E-state index contributed by atoms with van der Waals surface area (Å²) < 4.78 is 37.8. The summed E-state index contributed by atoms with van der Waals surface area (Å²) >= 11 is 0. The molecule has 2 atom stereocenters. The van der Waals surface area contributed by atoms with Crippen molar-refractivity contribution in [1.82, 2.24) is 0 Å². The first kappa shape index (κ1) is 13.8. The maximum atomic E-state index is 13.9. The lowest BCUT2D eigenvalue weighted by atomic mass is 9.93. The van der Waals surface area contributed by atoms with Crippen LogP contribution in [0.15, 0.2) is 36.4 Å². The normalized spacial score (nSPS) is 20.6. The summed E-state index contributed by atoms with van der Waals surface area (Å²) in [6, 6.07) is 8.51. The number of hydrogen-bond donors (Lipinski definition) is 1. The molecule has 1 aliphatic heterocycles. The Labute approximate surface area is 121 Å². The van der Waals surface area contributed by atoms with Crippen LogP contribution in [0.1, 0.15) is 29.7 Å². The molecule has 0 aliphatic carbocycles. The molecular formula is C16H15F2NO2. The largest absolute Gasteiger partial charge is 0.497 e. The van der Waals surface area contributed by atoms with Gasteiger partial charge in [-0.05, 0) is 30.3 Å². The van der Waals surface area contributed by atoms with Gasteiger partial charge in [-0.25, -0.2) is 8.78 Å². The number of hydrogen-bond acceptors (Lipinski definition) is 3. The number of rotatable bonds is 2. The maximum absolute atomic E-state index is 13.9. The molecule has 1 aliphatic rings. The molecule has 21 heavy (non-hydrogen) atoms. The molecule has 0 radical (unpaired) electrons. The first-order chi connectivity index (χ1) is 10.1. The summed E-state index contributed by atoms with van der Waals surface area (Å²) in [5.74, 6) is 0.0631. The monoisotopic (exact) mass is 291 g/mol. The van der Waals surface area contributed by atoms with E-state index in [2.05, 4.69) is 0 Å². The summed E-state index contributed by atoms with van der Waals surface area (Å²) in [4.78, 5) is 0. The highest BCUT2D eigenvalue weighted by molar-refractivity contribution is 5.44. The molecule has 5 heteroatoms. The van der Waals surface area contributed by atoms with Crippen LogP contribution in [0.3, 0.4) is 0 Å². The molecule has 2 aromatic rings. The van der Waals surface area contributed by atoms with E-state index < -0.39 is 17.7 Å². The molecule has 0 bridgehead atoms. The molecule has 0 saturated heterocycles. The number of benzene rings is 2. The summed E-state index contributed by atoms with van der Waals surface area (Å²) in [7, 11) is 1.58. The van der Waals surface area contributed by atoms with Gasteiger partial charge in [-0.1, -0.05) is 0 Å². The van der Waals surface area contributed by atoms with Crippen molar-refractivity contribution >= 4 is 0 Å². The smallest absolute Gasteiger partial charge is 0.133 e. The Morgan fingerprint density at radius 1 is 1.14 bits per heavy atom. The van der Waals surface area contributed by atoms with Crippen molar-refractivity contribution in [1.29, 1.82) is 0 Å². The Balaban J connectivity index is 1.94. The summed E-state index contributed by atoms with van der Waals surface area (Å²) in [6.45, 7) is 0. The van der Waals surface area contributed by atoms with Gasteiger partial charge in [-0.3, -0.25) is 0 Å². The average molecular weight is 291 g/mol. The predicted molar refractivity (Wildman–Crippen MR) is 74.3 cm³/mol. The van der Waals surface area contributed by atoms with Crippen molar-refractivity contribution in [3.63, 3.8) is 0 Å². The van der Waals surface area contributed by atoms with Gasteiger partial charge >= 0.3 is 0 Å². The number of methoxy groups -OCH3 is 1. The second-order valence-corrected chi connectivity index (χ2v) is 5.02. The van der Waals surface area contributed by atoms with Crippen LogP contribution in [-0.2, 0) is 0 Å². The Kier molecular flexibility index (Phi) is 3.51. The lowest BCUT2D eigenvalue weighted by Crippen LogP contribution is -2.24. The van der Waals surface area contributed by atoms with E-state index in [1.807, 2.05) is 6.07 Å². The fourth-order valence-electron chi connectivity index (χ4n) is 2.56. The highest BCUT2D eigenvalue weighted by Gasteiger charge is 2.29. The maximum Gasteiger partial charge on any atom is 0.133 e. The van der Waals surface area contributed by atoms with Crippen molar-refractivity contribution < 1.29 is 18.3 Å². The van der Waals surface area contributed by atoms with Crippen molar-refractivity contribution in [2.45, 2.75) is 18.6 Å². The minimum Gasteiger partial charge on any atom is -0.497 e. The molecule has 0 aromatic heterocycles. The molecule has 1 unspecified atom stereocenters. The van der Waals surface area contributed by atoms with Crippen LogP contribution in [-0.4, -0.2) is 7.11 Å². The molecule has 0 spiro atoms. The zero-order chi connectivity index (χ0) is 15.0. The summed E-state index contributed by atoms with van der Waals surface area (Å²) in [6.07, 6.45) is -0.107. The van der Waals surface area contributed by atoms with E-state index in [0.29, 0.717) is 23.5 Å². The van der Waals surface area contributed by atoms with Gasteiger partial charge in [0.2, 0.25) is 0 Å². The number of halogens is 2. The Bertz CT molecular complexity index is 675. The molecule has 0 fully saturated rings. The minimum absolute atomic E-state index is 0.293. The number of ether oxygens (including phenoxy) is 2. The van der Waals surface area contributed by atoms with Gasteiger partial charge in [-0.15, -0.1) is 0 Å². The van der Waals surface area contributed by atoms with Crippen LogP contribution in [0, 0.1) is 11.6 Å². The van der Waals surface area contributed by atoms with Gasteiger partial charge in [0.25, 0.3) is 0 Å². The first-order valence-corrected chi connectivity index (χ1v) is 6.63. The van der Waals surface area contributed by atoms with Gasteiger partial charge in [0.15, 0.2) is 0 Å². The Morgan fingerprint density at radius 3 is 2.67 bits per heavy atom. The number of nitrogens with two attached hydrogens (primary N) is 1. The average Bonchev–Trinajstić information content (AvgIpc) is 2.47. The van der Waals surface area contributed by atoms with Gasteiger partial charge in [0.1, 0.15) is 29.2 Å². The highest BCUT2D eigenvalue weighted by Crippen LogP contribution is 2.41. The summed E-state index contributed by atoms with van der Waals surface area (Å²) in [5, 5.41) is 0. The standard InChI is InChI=1S/C16H15F2NO2/c1-20-10-3-5-15-12(7-10)14(19)8-16(21-15)11-4-2-9(17)6-13(11)18/h2-7,14,16H,8,19H2,1H3/t14-,16?/m0/s1. The first-order valence-electron chi connectivity index (χ1n) is 6.63. The van der Waals surface area contributed by atoms with E-state index in [9.17, 15) is 8.78 Å². The summed E-state index contributed by atoms with van der Waals surface area (Å²) in [5.41, 5.74) is 7.29. The topological polar surface area (TPSA) is 44.5 Å². The highest BCUT2D eigenvalue weighted by atomic mass is 19.1. The van der Waals surface area contributed by atoms with Crippen molar-refractivity contribution in [2.24, 2.45) is 5.73 Å². The van der Waals surface area contributed by atoms with Gasteiger partial charge in [0.05, 0.1) is 7.11 Å². The third-order valence-electron chi connectivity index (χ3n) is 3.66. The lowest BCUT2D eigenvalue weighted by Gasteiger charge is -2.31. The van der Waals surface area contributed by atoms with E-state index in [4.69, 9.17) is 15.2 Å². The third kappa shape index (κ3) is 2.56. The Morgan fingerprint density at radius 2 is 1.95 bits per heavy atom. The predicted octanol–water partition coefficient (Wildman–Crippen LogP) is 3.50. The molecule has 3 rings (SSSR count). The van der Waals surface area contributed by atoms with Gasteiger partial charge in [0, 0.05) is 29.7 Å². The molecular weight excluding hydrogens is 276 g/mol. The Hall–Kier alpha value is -2.14. The molecule has 2 N–H and O–H groups in total. The van der Waals surface area contributed by atoms with Crippen LogP contribution < -0.4 is 15.2 Å². The fourth-order valence-corrected chi connectivity index (χ4v) is 2.56. The second-order valence-electron chi connectivity index (χ2n) is 5.02. The van der Waals surface area contributed by atoms with Crippen LogP contribution in [0.4, 0.5) is 8.78 Å². The molecule has 3 nitrogen and oxygen atoms in total. The molecule has 1 heterocycles. The van der Waals surface area contributed by atoms with E-state index in [0.717, 1.165) is 11.6 Å². The van der Waals surface area contributed by atoms with E-state index in [-0.39, 0.29) is 6.04 Å². The van der Waals surface area contributed by atoms with Gasteiger partial charge in [-0.2, -0.15) is 0 Å².